The number of carbonyl (C=O) groups is 5. The molecule has 0 saturated carbocycles. The lowest BCUT2D eigenvalue weighted by atomic mass is 10.2. The normalized spacial score (nSPS) is 13.9. The third-order valence-electron chi connectivity index (χ3n) is 3.38. The lowest BCUT2D eigenvalue weighted by Crippen LogP contribution is -2.55. The molecule has 3 amide bonds. The van der Waals surface area contributed by atoms with Crippen LogP contribution in [0.5, 0.6) is 0 Å². The Hall–Kier alpha value is -2.60. The largest absolute Gasteiger partial charge is 0.480 e. The van der Waals surface area contributed by atoms with Gasteiger partial charge >= 0.3 is 11.9 Å². The van der Waals surface area contributed by atoms with Gasteiger partial charge in [0.2, 0.25) is 17.7 Å². The number of carbonyl (C=O) groups excluding carboxylic acids is 4. The van der Waals surface area contributed by atoms with Gasteiger partial charge in [0.15, 0.2) is 0 Å². The quantitative estimate of drug-likeness (QED) is 0.177. The number of hydrogen-bond donors (Lipinski definition) is 5. The smallest absolute Gasteiger partial charge is 0.330 e. The van der Waals surface area contributed by atoms with E-state index >= 15 is 0 Å². The van der Waals surface area contributed by atoms with Gasteiger partial charge in [-0.2, -0.15) is 11.8 Å². The van der Waals surface area contributed by atoms with Gasteiger partial charge in [-0.25, -0.2) is 9.59 Å². The molecule has 0 rings (SSSR count). The van der Waals surface area contributed by atoms with Crippen molar-refractivity contribution in [3.8, 4) is 0 Å². The average molecular weight is 418 g/mol. The first-order chi connectivity index (χ1) is 13.1. The molecule has 0 radical (unpaired) electrons. The first-order valence-electron chi connectivity index (χ1n) is 8.24. The molecule has 3 atom stereocenters. The molecule has 158 valence electrons. The topological polar surface area (TPSA) is 177 Å². The second-order valence-corrected chi connectivity index (χ2v) is 6.60. The molecule has 11 nitrogen and oxygen atoms in total. The fraction of sp³-hybridized carbons (Fsp3) is 0.562. The fourth-order valence-corrected chi connectivity index (χ4v) is 2.22. The predicted molar refractivity (Wildman–Crippen MR) is 102 cm³/mol. The van der Waals surface area contributed by atoms with Crippen LogP contribution in [0.4, 0.5) is 0 Å². The van der Waals surface area contributed by atoms with Crippen molar-refractivity contribution in [2.75, 3.05) is 25.7 Å². The number of nitrogens with one attached hydrogen (secondary N) is 3. The number of amides is 3. The molecule has 28 heavy (non-hydrogen) atoms. The number of esters is 1. The zero-order valence-electron chi connectivity index (χ0n) is 15.9. The van der Waals surface area contributed by atoms with Crippen molar-refractivity contribution in [2.45, 2.75) is 31.5 Å². The Bertz CT molecular complexity index is 612. The lowest BCUT2D eigenvalue weighted by Gasteiger charge is -2.20. The molecule has 0 aliphatic rings. The van der Waals surface area contributed by atoms with Gasteiger partial charge in [-0.3, -0.25) is 14.4 Å². The van der Waals surface area contributed by atoms with Crippen LogP contribution >= 0.6 is 11.8 Å². The maximum atomic E-state index is 12.1. The highest BCUT2D eigenvalue weighted by atomic mass is 32.2. The molecule has 0 saturated heterocycles. The van der Waals surface area contributed by atoms with E-state index in [0.717, 1.165) is 19.3 Å². The first kappa shape index (κ1) is 25.4. The van der Waals surface area contributed by atoms with E-state index in [-0.39, 0.29) is 13.0 Å². The predicted octanol–water partition coefficient (Wildman–Crippen LogP) is -2.01. The monoisotopic (exact) mass is 418 g/mol. The SMILES string of the molecule is COC(=O)/C=C/C(=O)NCC(N)C(=O)NC(C)C(=O)NC(CCSC)C(=O)O. The minimum Gasteiger partial charge on any atom is -0.480 e. The van der Waals surface area contributed by atoms with E-state index in [1.165, 1.54) is 18.7 Å². The van der Waals surface area contributed by atoms with Crippen molar-refractivity contribution in [2.24, 2.45) is 5.73 Å². The van der Waals surface area contributed by atoms with E-state index < -0.39 is 47.8 Å². The highest BCUT2D eigenvalue weighted by Gasteiger charge is 2.25. The summed E-state index contributed by atoms with van der Waals surface area (Å²) in [6.45, 7) is 1.14. The number of rotatable bonds is 12. The molecule has 12 heteroatoms. The average Bonchev–Trinajstić information content (AvgIpc) is 2.66. The number of aliphatic carboxylic acids is 1. The van der Waals surface area contributed by atoms with E-state index in [4.69, 9.17) is 10.8 Å². The van der Waals surface area contributed by atoms with Gasteiger partial charge < -0.3 is 31.5 Å². The Morgan fingerprint density at radius 2 is 1.79 bits per heavy atom. The van der Waals surface area contributed by atoms with Gasteiger partial charge in [0.25, 0.3) is 0 Å². The molecule has 0 aromatic rings. The van der Waals surface area contributed by atoms with Crippen LogP contribution in [0.25, 0.3) is 0 Å². The van der Waals surface area contributed by atoms with Crippen molar-refractivity contribution < 1.29 is 33.8 Å². The highest BCUT2D eigenvalue weighted by Crippen LogP contribution is 2.01. The number of carboxylic acid groups (broad SMARTS) is 1. The molecule has 6 N–H and O–H groups in total. The zero-order chi connectivity index (χ0) is 21.7. The molecule has 0 fully saturated rings. The standard InChI is InChI=1S/C16H26N4O7S/c1-9(14(23)20-11(16(25)26)6-7-28-3)19-15(24)10(17)8-18-12(21)4-5-13(22)27-2/h4-5,9-11H,6-8,17H2,1-3H3,(H,18,21)(H,19,24)(H,20,23)(H,25,26)/b5-4+. The third kappa shape index (κ3) is 10.5. The van der Waals surface area contributed by atoms with Crippen molar-refractivity contribution in [1.82, 2.24) is 16.0 Å². The summed E-state index contributed by atoms with van der Waals surface area (Å²) in [5.41, 5.74) is 5.64. The molecule has 0 bridgehead atoms. The van der Waals surface area contributed by atoms with E-state index in [1.54, 1.807) is 0 Å². The van der Waals surface area contributed by atoms with Crippen LogP contribution in [0, 0.1) is 0 Å². The number of ether oxygens (including phenoxy) is 1. The Morgan fingerprint density at radius 1 is 1.14 bits per heavy atom. The molecule has 0 aliphatic carbocycles. The Morgan fingerprint density at radius 3 is 2.32 bits per heavy atom. The molecular formula is C16H26N4O7S. The van der Waals surface area contributed by atoms with Gasteiger partial charge in [-0.15, -0.1) is 0 Å². The third-order valence-corrected chi connectivity index (χ3v) is 4.03. The van der Waals surface area contributed by atoms with E-state index in [2.05, 4.69) is 20.7 Å². The summed E-state index contributed by atoms with van der Waals surface area (Å²) in [5, 5.41) is 16.1. The van der Waals surface area contributed by atoms with Crippen LogP contribution in [0.3, 0.4) is 0 Å². The number of hydrogen-bond acceptors (Lipinski definition) is 8. The molecule has 0 aliphatic heterocycles. The van der Waals surface area contributed by atoms with Gasteiger partial charge in [0, 0.05) is 18.7 Å². The van der Waals surface area contributed by atoms with E-state index in [1.807, 2.05) is 6.26 Å². The van der Waals surface area contributed by atoms with Gasteiger partial charge in [-0.1, -0.05) is 0 Å². The molecule has 3 unspecified atom stereocenters. The highest BCUT2D eigenvalue weighted by molar-refractivity contribution is 7.98. The minimum absolute atomic E-state index is 0.240. The number of carboxylic acids is 1. The van der Waals surface area contributed by atoms with Crippen LogP contribution in [-0.2, 0) is 28.7 Å². The molecule has 0 spiro atoms. The van der Waals surface area contributed by atoms with E-state index in [9.17, 15) is 24.0 Å². The van der Waals surface area contributed by atoms with Crippen LogP contribution in [0.1, 0.15) is 13.3 Å². The number of thioether (sulfide) groups is 1. The maximum absolute atomic E-state index is 12.1. The van der Waals surface area contributed by atoms with Gasteiger partial charge in [0.05, 0.1) is 7.11 Å². The van der Waals surface area contributed by atoms with Crippen LogP contribution < -0.4 is 21.7 Å². The summed E-state index contributed by atoms with van der Waals surface area (Å²) in [4.78, 5) is 57.6. The van der Waals surface area contributed by atoms with Crippen molar-refractivity contribution >= 4 is 41.4 Å². The molecule has 0 aromatic carbocycles. The molecular weight excluding hydrogens is 392 g/mol. The maximum Gasteiger partial charge on any atom is 0.330 e. The summed E-state index contributed by atoms with van der Waals surface area (Å²) in [5.74, 6) is -3.37. The summed E-state index contributed by atoms with van der Waals surface area (Å²) >= 11 is 1.45. The van der Waals surface area contributed by atoms with Crippen LogP contribution in [-0.4, -0.2) is 78.6 Å². The summed E-state index contributed by atoms with van der Waals surface area (Å²) in [6, 6.07) is -3.24. The zero-order valence-corrected chi connectivity index (χ0v) is 16.7. The number of nitrogens with two attached hydrogens (primary N) is 1. The van der Waals surface area contributed by atoms with Gasteiger partial charge in [-0.05, 0) is 25.4 Å². The van der Waals surface area contributed by atoms with Crippen molar-refractivity contribution in [1.29, 1.82) is 0 Å². The Kier molecular flexibility index (Phi) is 12.3. The first-order valence-corrected chi connectivity index (χ1v) is 9.63. The van der Waals surface area contributed by atoms with Crippen molar-refractivity contribution in [3.05, 3.63) is 12.2 Å². The summed E-state index contributed by atoms with van der Waals surface area (Å²) < 4.78 is 4.32. The Labute approximate surface area is 166 Å². The summed E-state index contributed by atoms with van der Waals surface area (Å²) in [6.07, 6.45) is 3.89. The number of methoxy groups -OCH3 is 1. The summed E-state index contributed by atoms with van der Waals surface area (Å²) in [7, 11) is 1.16. The van der Waals surface area contributed by atoms with E-state index in [0.29, 0.717) is 5.75 Å². The lowest BCUT2D eigenvalue weighted by molar-refractivity contribution is -0.142. The Balaban J connectivity index is 4.48. The molecule has 0 heterocycles. The molecule has 0 aromatic heterocycles. The second-order valence-electron chi connectivity index (χ2n) is 5.62. The van der Waals surface area contributed by atoms with Crippen LogP contribution in [0.2, 0.25) is 0 Å². The minimum atomic E-state index is -1.17. The fourth-order valence-electron chi connectivity index (χ4n) is 1.75. The van der Waals surface area contributed by atoms with Gasteiger partial charge in [0.1, 0.15) is 18.1 Å². The second kappa shape index (κ2) is 13.6. The van der Waals surface area contributed by atoms with Crippen molar-refractivity contribution in [3.63, 3.8) is 0 Å². The van der Waals surface area contributed by atoms with Crippen LogP contribution in [0.15, 0.2) is 12.2 Å².